The molecule has 2 heterocycles. The molecule has 0 unspecified atom stereocenters. The largest absolute Gasteiger partial charge is 0.276 e. The van der Waals surface area contributed by atoms with Gasteiger partial charge in [-0.3, -0.25) is 9.36 Å². The molecule has 0 bridgehead atoms. The van der Waals surface area contributed by atoms with Crippen molar-refractivity contribution in [1.29, 1.82) is 0 Å². The third-order valence-electron chi connectivity index (χ3n) is 4.72. The molecular weight excluding hydrogens is 338 g/mol. The molecule has 2 aromatic heterocycles. The second-order valence-corrected chi connectivity index (χ2v) is 7.18. The highest BCUT2D eigenvalue weighted by atomic mass is 32.1. The van der Waals surface area contributed by atoms with Crippen molar-refractivity contribution in [2.75, 3.05) is 0 Å². The predicted molar refractivity (Wildman–Crippen MR) is 109 cm³/mol. The Bertz CT molecular complexity index is 1180. The van der Waals surface area contributed by atoms with Crippen LogP contribution in [-0.4, -0.2) is 10.5 Å². The molecular formula is C23H15NOS. The van der Waals surface area contributed by atoms with E-state index in [1.165, 1.54) is 4.88 Å². The Labute approximate surface area is 154 Å². The lowest BCUT2D eigenvalue weighted by molar-refractivity contribution is 0.0969. The van der Waals surface area contributed by atoms with E-state index in [1.54, 1.807) is 11.3 Å². The summed E-state index contributed by atoms with van der Waals surface area (Å²) >= 11 is 1.70. The highest BCUT2D eigenvalue weighted by Gasteiger charge is 2.17. The molecule has 0 atom stereocenters. The molecule has 5 aromatic rings. The molecule has 3 heteroatoms. The maximum absolute atomic E-state index is 13.3. The molecule has 3 aromatic carbocycles. The van der Waals surface area contributed by atoms with Gasteiger partial charge in [-0.2, -0.15) is 0 Å². The van der Waals surface area contributed by atoms with Crippen molar-refractivity contribution >= 4 is 39.0 Å². The van der Waals surface area contributed by atoms with E-state index in [4.69, 9.17) is 0 Å². The van der Waals surface area contributed by atoms with Gasteiger partial charge in [-0.15, -0.1) is 11.3 Å². The summed E-state index contributed by atoms with van der Waals surface area (Å²) in [7, 11) is 0. The molecule has 0 saturated carbocycles. The lowest BCUT2D eigenvalue weighted by atomic mass is 10.1. The van der Waals surface area contributed by atoms with Gasteiger partial charge in [0.25, 0.3) is 5.91 Å². The van der Waals surface area contributed by atoms with Crippen LogP contribution in [0.4, 0.5) is 0 Å². The molecule has 26 heavy (non-hydrogen) atoms. The van der Waals surface area contributed by atoms with Crippen LogP contribution in [0.15, 0.2) is 90.3 Å². The first-order valence-electron chi connectivity index (χ1n) is 8.50. The third-order valence-corrected chi connectivity index (χ3v) is 5.64. The van der Waals surface area contributed by atoms with Crippen molar-refractivity contribution < 1.29 is 4.79 Å². The van der Waals surface area contributed by atoms with E-state index in [-0.39, 0.29) is 5.91 Å². The van der Waals surface area contributed by atoms with Crippen LogP contribution >= 0.6 is 11.3 Å². The van der Waals surface area contributed by atoms with Gasteiger partial charge in [0.15, 0.2) is 0 Å². The number of fused-ring (bicyclic) bond motifs is 3. The summed E-state index contributed by atoms with van der Waals surface area (Å²) in [5, 5.41) is 4.27. The fraction of sp³-hybridized carbons (Fsp3) is 0. The summed E-state index contributed by atoms with van der Waals surface area (Å²) in [4.78, 5) is 14.5. The molecule has 0 N–H and O–H groups in total. The van der Waals surface area contributed by atoms with Gasteiger partial charge in [0.1, 0.15) is 0 Å². The van der Waals surface area contributed by atoms with Gasteiger partial charge in [0.05, 0.1) is 11.0 Å². The maximum atomic E-state index is 13.3. The number of benzene rings is 3. The minimum absolute atomic E-state index is 0.000120. The lowest BCUT2D eigenvalue weighted by Gasteiger charge is -2.07. The topological polar surface area (TPSA) is 22.0 Å². The summed E-state index contributed by atoms with van der Waals surface area (Å²) < 4.78 is 1.82. The Morgan fingerprint density at radius 3 is 1.88 bits per heavy atom. The highest BCUT2D eigenvalue weighted by Crippen LogP contribution is 2.30. The van der Waals surface area contributed by atoms with E-state index in [1.807, 2.05) is 71.3 Å². The Hall–Kier alpha value is -3.17. The minimum atomic E-state index is 0.000120. The number of carbonyl (C=O) groups excluding carboxylic acids is 1. The van der Waals surface area contributed by atoms with Crippen LogP contribution in [-0.2, 0) is 0 Å². The molecule has 0 aliphatic rings. The SMILES string of the molecule is O=C(c1ccc(-c2cccs2)cc1)n1c2ccccc2c2ccccc21. The number of hydrogen-bond acceptors (Lipinski definition) is 2. The molecule has 0 spiro atoms. The third kappa shape index (κ3) is 2.29. The van der Waals surface area contributed by atoms with Gasteiger partial charge in [-0.25, -0.2) is 0 Å². The van der Waals surface area contributed by atoms with Gasteiger partial charge in [0, 0.05) is 21.2 Å². The Morgan fingerprint density at radius 2 is 1.31 bits per heavy atom. The summed E-state index contributed by atoms with van der Waals surface area (Å²) in [5.74, 6) is 0.000120. The zero-order valence-electron chi connectivity index (χ0n) is 13.9. The zero-order valence-corrected chi connectivity index (χ0v) is 14.7. The summed E-state index contributed by atoms with van der Waals surface area (Å²) in [6.45, 7) is 0. The number of carbonyl (C=O) groups is 1. The number of para-hydroxylation sites is 2. The van der Waals surface area contributed by atoms with Crippen molar-refractivity contribution in [2.45, 2.75) is 0 Å². The van der Waals surface area contributed by atoms with Crippen molar-refractivity contribution in [3.63, 3.8) is 0 Å². The maximum Gasteiger partial charge on any atom is 0.262 e. The van der Waals surface area contributed by atoms with E-state index in [0.29, 0.717) is 5.56 Å². The van der Waals surface area contributed by atoms with Crippen LogP contribution in [0.25, 0.3) is 32.2 Å². The number of rotatable bonds is 2. The first-order chi connectivity index (χ1) is 12.8. The van der Waals surface area contributed by atoms with Crippen LogP contribution in [0.2, 0.25) is 0 Å². The highest BCUT2D eigenvalue weighted by molar-refractivity contribution is 7.13. The molecule has 0 radical (unpaired) electrons. The number of hydrogen-bond donors (Lipinski definition) is 0. The normalized spacial score (nSPS) is 11.2. The quantitative estimate of drug-likeness (QED) is 0.370. The standard InChI is InChI=1S/C23H15NOS/c25-23(17-13-11-16(12-14-17)22-10-5-15-26-22)24-20-8-3-1-6-18(20)19-7-2-4-9-21(19)24/h1-15H. The van der Waals surface area contributed by atoms with Crippen molar-refractivity contribution in [3.8, 4) is 10.4 Å². The molecule has 0 saturated heterocycles. The first kappa shape index (κ1) is 15.1. The summed E-state index contributed by atoms with van der Waals surface area (Å²) in [6, 6.07) is 28.1. The molecule has 0 amide bonds. The molecule has 124 valence electrons. The summed E-state index contributed by atoms with van der Waals surface area (Å²) in [5.41, 5.74) is 3.72. The number of nitrogens with zero attached hydrogens (tertiary/aromatic N) is 1. The zero-order chi connectivity index (χ0) is 17.5. The fourth-order valence-electron chi connectivity index (χ4n) is 3.49. The molecule has 0 aliphatic carbocycles. The number of aromatic nitrogens is 1. The molecule has 0 aliphatic heterocycles. The van der Waals surface area contributed by atoms with E-state index in [2.05, 4.69) is 23.6 Å². The average molecular weight is 353 g/mol. The van der Waals surface area contributed by atoms with Crippen molar-refractivity contribution in [3.05, 3.63) is 95.9 Å². The van der Waals surface area contributed by atoms with Crippen LogP contribution in [0.5, 0.6) is 0 Å². The van der Waals surface area contributed by atoms with E-state index < -0.39 is 0 Å². The second kappa shape index (κ2) is 5.97. The second-order valence-electron chi connectivity index (χ2n) is 6.23. The van der Waals surface area contributed by atoms with Crippen LogP contribution in [0, 0.1) is 0 Å². The predicted octanol–water partition coefficient (Wildman–Crippen LogP) is 6.21. The Balaban J connectivity index is 1.66. The molecule has 0 fully saturated rings. The molecule has 2 nitrogen and oxygen atoms in total. The smallest absolute Gasteiger partial charge is 0.262 e. The monoisotopic (exact) mass is 353 g/mol. The molecule has 5 rings (SSSR count). The van der Waals surface area contributed by atoms with Gasteiger partial charge in [-0.1, -0.05) is 54.6 Å². The van der Waals surface area contributed by atoms with Crippen LogP contribution < -0.4 is 0 Å². The average Bonchev–Trinajstić information content (AvgIpc) is 3.34. The first-order valence-corrected chi connectivity index (χ1v) is 9.38. The lowest BCUT2D eigenvalue weighted by Crippen LogP contribution is -2.11. The van der Waals surface area contributed by atoms with E-state index >= 15 is 0 Å². The van der Waals surface area contributed by atoms with Crippen LogP contribution in [0.1, 0.15) is 10.4 Å². The van der Waals surface area contributed by atoms with E-state index in [9.17, 15) is 4.79 Å². The van der Waals surface area contributed by atoms with Crippen LogP contribution in [0.3, 0.4) is 0 Å². The van der Waals surface area contributed by atoms with Gasteiger partial charge < -0.3 is 0 Å². The summed E-state index contributed by atoms with van der Waals surface area (Å²) in [6.07, 6.45) is 0. The van der Waals surface area contributed by atoms with Crippen molar-refractivity contribution in [2.24, 2.45) is 0 Å². The van der Waals surface area contributed by atoms with E-state index in [0.717, 1.165) is 27.4 Å². The minimum Gasteiger partial charge on any atom is -0.276 e. The van der Waals surface area contributed by atoms with Gasteiger partial charge in [0.2, 0.25) is 0 Å². The number of thiophene rings is 1. The fourth-order valence-corrected chi connectivity index (χ4v) is 4.22. The Morgan fingerprint density at radius 1 is 0.692 bits per heavy atom. The van der Waals surface area contributed by atoms with Gasteiger partial charge >= 0.3 is 0 Å². The van der Waals surface area contributed by atoms with Gasteiger partial charge in [-0.05, 0) is 41.3 Å². The Kier molecular flexibility index (Phi) is 3.47. The van der Waals surface area contributed by atoms with Crippen molar-refractivity contribution in [1.82, 2.24) is 4.57 Å².